The first-order valence-corrected chi connectivity index (χ1v) is 3.85. The van der Waals surface area contributed by atoms with Crippen molar-refractivity contribution in [3.8, 4) is 0 Å². The third-order valence-electron chi connectivity index (χ3n) is 2.54. The van der Waals surface area contributed by atoms with Crippen LogP contribution in [0, 0.1) is 0 Å². The molecule has 2 fully saturated rings. The Morgan fingerprint density at radius 2 is 2.00 bits per heavy atom. The van der Waals surface area contributed by atoms with Crippen molar-refractivity contribution in [2.75, 3.05) is 0 Å². The normalized spacial score (nSPS) is 50.7. The summed E-state index contributed by atoms with van der Waals surface area (Å²) in [5.74, 6) is -1.26. The summed E-state index contributed by atoms with van der Waals surface area (Å²) >= 11 is 0. The van der Waals surface area contributed by atoms with E-state index >= 15 is 0 Å². The van der Waals surface area contributed by atoms with Crippen molar-refractivity contribution in [3.63, 3.8) is 0 Å². The summed E-state index contributed by atoms with van der Waals surface area (Å²) in [6, 6.07) is 0. The number of carbonyl (C=O) groups is 1. The van der Waals surface area contributed by atoms with Crippen molar-refractivity contribution >= 4 is 13.2 Å². The number of hydrogen-bond acceptors (Lipinski definition) is 4. The molecule has 3 N–H and O–H groups in total. The number of rotatable bonds is 1. The molecule has 0 saturated carbocycles. The lowest BCUT2D eigenvalue weighted by Crippen LogP contribution is -2.40. The van der Waals surface area contributed by atoms with Crippen molar-refractivity contribution in [1.82, 2.24) is 0 Å². The molecule has 2 heterocycles. The van der Waals surface area contributed by atoms with Gasteiger partial charge in [-0.2, -0.15) is 0 Å². The quantitative estimate of drug-likeness (QED) is 0.405. The molecule has 0 bridgehead atoms. The van der Waals surface area contributed by atoms with Gasteiger partial charge in [-0.1, -0.05) is 0 Å². The largest absolute Gasteiger partial charge is 0.479 e. The zero-order valence-electron chi connectivity index (χ0n) is 6.25. The van der Waals surface area contributed by atoms with E-state index < -0.39 is 24.5 Å². The number of hydrogen-bond donors (Lipinski definition) is 3. The van der Waals surface area contributed by atoms with Gasteiger partial charge in [0.1, 0.15) is 13.4 Å². The summed E-state index contributed by atoms with van der Waals surface area (Å²) in [6.07, 6.45) is -3.19. The standard InChI is InChI=1S/C6H9BO5/c8-3-1-2(7-1)4(5(9)10)12-6(3)11/h1-4,6-8,11H,(H,9,10)/t1?,2-,3?,4?,6+/m0/s1. The van der Waals surface area contributed by atoms with Gasteiger partial charge in [0.25, 0.3) is 0 Å². The van der Waals surface area contributed by atoms with Crippen LogP contribution < -0.4 is 0 Å². The van der Waals surface area contributed by atoms with Crippen LogP contribution in [-0.2, 0) is 9.53 Å². The average Bonchev–Trinajstić information content (AvgIpc) is 2.75. The van der Waals surface area contributed by atoms with Crippen LogP contribution in [0.2, 0.25) is 11.6 Å². The minimum atomic E-state index is -1.34. The Bertz CT molecular complexity index is 218. The molecule has 0 aromatic rings. The third kappa shape index (κ3) is 1.03. The highest BCUT2D eigenvalue weighted by atomic mass is 16.6. The Labute approximate surface area is 69.2 Å². The van der Waals surface area contributed by atoms with Crippen LogP contribution >= 0.6 is 0 Å². The SMILES string of the molecule is O=C(O)C1O[C@@H](O)C(O)C2B[C@H]12. The highest BCUT2D eigenvalue weighted by Gasteiger charge is 2.58. The molecule has 3 unspecified atom stereocenters. The van der Waals surface area contributed by atoms with Crippen LogP contribution in [0.1, 0.15) is 0 Å². The molecule has 0 aliphatic carbocycles. The van der Waals surface area contributed by atoms with E-state index in [9.17, 15) is 9.90 Å². The van der Waals surface area contributed by atoms with Gasteiger partial charge >= 0.3 is 5.97 Å². The van der Waals surface area contributed by atoms with Crippen LogP contribution in [0.4, 0.5) is 0 Å². The molecular formula is C6H9BO5. The smallest absolute Gasteiger partial charge is 0.332 e. The van der Waals surface area contributed by atoms with Crippen LogP contribution in [0.15, 0.2) is 0 Å². The van der Waals surface area contributed by atoms with Crippen LogP contribution in [0.3, 0.4) is 0 Å². The van der Waals surface area contributed by atoms with Gasteiger partial charge in [-0.05, 0) is 11.6 Å². The maximum atomic E-state index is 10.5. The van der Waals surface area contributed by atoms with E-state index in [1.807, 2.05) is 0 Å². The number of ether oxygens (including phenoxy) is 1. The van der Waals surface area contributed by atoms with E-state index in [4.69, 9.17) is 14.9 Å². The summed E-state index contributed by atoms with van der Waals surface area (Å²) in [4.78, 5) is 10.5. The Morgan fingerprint density at radius 1 is 1.33 bits per heavy atom. The fourth-order valence-corrected chi connectivity index (χ4v) is 1.76. The number of carboxylic acids is 1. The minimum Gasteiger partial charge on any atom is -0.479 e. The molecule has 2 aliphatic rings. The molecule has 12 heavy (non-hydrogen) atoms. The molecule has 2 aliphatic heterocycles. The summed E-state index contributed by atoms with van der Waals surface area (Å²) in [5.41, 5.74) is 0. The predicted molar refractivity (Wildman–Crippen MR) is 39.2 cm³/mol. The van der Waals surface area contributed by atoms with Crippen LogP contribution in [0.5, 0.6) is 0 Å². The zero-order chi connectivity index (χ0) is 8.88. The zero-order valence-corrected chi connectivity index (χ0v) is 6.25. The topological polar surface area (TPSA) is 87.0 Å². The summed E-state index contributed by atoms with van der Waals surface area (Å²) < 4.78 is 4.72. The molecule has 5 nitrogen and oxygen atoms in total. The van der Waals surface area contributed by atoms with Crippen LogP contribution in [-0.4, -0.2) is 47.1 Å². The first kappa shape index (κ1) is 8.03. The van der Waals surface area contributed by atoms with Gasteiger partial charge in [-0.3, -0.25) is 0 Å². The molecule has 0 aromatic heterocycles. The molecule has 0 amide bonds. The molecule has 0 spiro atoms. The first-order chi connectivity index (χ1) is 5.61. The fourth-order valence-electron chi connectivity index (χ4n) is 1.76. The summed E-state index contributed by atoms with van der Waals surface area (Å²) in [5, 5.41) is 26.9. The average molecular weight is 172 g/mol. The van der Waals surface area contributed by atoms with Crippen molar-refractivity contribution < 1.29 is 24.9 Å². The maximum absolute atomic E-state index is 10.5. The Kier molecular flexibility index (Phi) is 1.64. The van der Waals surface area contributed by atoms with Crippen molar-refractivity contribution in [3.05, 3.63) is 0 Å². The Balaban J connectivity index is 2.08. The molecule has 66 valence electrons. The number of aliphatic carboxylic acids is 1. The maximum Gasteiger partial charge on any atom is 0.332 e. The Morgan fingerprint density at radius 3 is 2.58 bits per heavy atom. The third-order valence-corrected chi connectivity index (χ3v) is 2.54. The lowest BCUT2D eigenvalue weighted by atomic mass is 9.96. The van der Waals surface area contributed by atoms with Crippen molar-refractivity contribution in [1.29, 1.82) is 0 Å². The summed E-state index contributed by atoms with van der Waals surface area (Å²) in [6.45, 7) is 0. The van der Waals surface area contributed by atoms with Crippen molar-refractivity contribution in [2.24, 2.45) is 0 Å². The lowest BCUT2D eigenvalue weighted by molar-refractivity contribution is -0.213. The molecular weight excluding hydrogens is 163 g/mol. The Hall–Kier alpha value is -0.585. The van der Waals surface area contributed by atoms with E-state index in [0.29, 0.717) is 7.28 Å². The predicted octanol–water partition coefficient (Wildman–Crippen LogP) is -1.82. The summed E-state index contributed by atoms with van der Waals surface area (Å²) in [7, 11) is 0.634. The molecule has 0 radical (unpaired) electrons. The minimum absolute atomic E-state index is 0.0881. The molecule has 2 rings (SSSR count). The number of fused-ring (bicyclic) bond motifs is 1. The molecule has 2 saturated heterocycles. The number of aliphatic hydroxyl groups excluding tert-OH is 2. The van der Waals surface area contributed by atoms with Gasteiger partial charge in [0.05, 0.1) is 0 Å². The van der Waals surface area contributed by atoms with E-state index in [2.05, 4.69) is 0 Å². The monoisotopic (exact) mass is 172 g/mol. The van der Waals surface area contributed by atoms with E-state index in [0.717, 1.165) is 0 Å². The lowest BCUT2D eigenvalue weighted by Gasteiger charge is -2.28. The van der Waals surface area contributed by atoms with Gasteiger partial charge in [-0.25, -0.2) is 4.79 Å². The molecule has 6 heteroatoms. The second-order valence-electron chi connectivity index (χ2n) is 3.34. The second-order valence-corrected chi connectivity index (χ2v) is 3.34. The fraction of sp³-hybridized carbons (Fsp3) is 0.833. The first-order valence-electron chi connectivity index (χ1n) is 3.85. The number of carboxylic acid groups (broad SMARTS) is 1. The van der Waals surface area contributed by atoms with Gasteiger partial charge in [0.2, 0.25) is 0 Å². The van der Waals surface area contributed by atoms with Crippen molar-refractivity contribution in [2.45, 2.75) is 30.1 Å². The van der Waals surface area contributed by atoms with Gasteiger partial charge < -0.3 is 20.1 Å². The van der Waals surface area contributed by atoms with Gasteiger partial charge in [-0.15, -0.1) is 0 Å². The number of aliphatic hydroxyl groups is 2. The molecule has 0 aromatic carbocycles. The van der Waals surface area contributed by atoms with E-state index in [1.165, 1.54) is 0 Å². The highest BCUT2D eigenvalue weighted by Crippen LogP contribution is 2.52. The van der Waals surface area contributed by atoms with E-state index in [1.54, 1.807) is 0 Å². The molecule has 5 atom stereocenters. The van der Waals surface area contributed by atoms with Gasteiger partial charge in [0.15, 0.2) is 12.4 Å². The van der Waals surface area contributed by atoms with Gasteiger partial charge in [0, 0.05) is 0 Å². The van der Waals surface area contributed by atoms with Crippen LogP contribution in [0.25, 0.3) is 0 Å². The second kappa shape index (κ2) is 2.45. The van der Waals surface area contributed by atoms with E-state index in [-0.39, 0.29) is 11.6 Å². The highest BCUT2D eigenvalue weighted by molar-refractivity contribution is 6.55.